The lowest BCUT2D eigenvalue weighted by Crippen LogP contribution is -2.26. The second-order valence-electron chi connectivity index (χ2n) is 4.73. The zero-order chi connectivity index (χ0) is 13.7. The third kappa shape index (κ3) is 3.89. The molecule has 0 aliphatic rings. The molecule has 102 valence electrons. The number of aromatic nitrogens is 3. The SMILES string of the molecule is CC(C)Cn1ccnc(NCCc2nccs2)c1=O. The molecule has 0 saturated heterocycles. The highest BCUT2D eigenvalue weighted by molar-refractivity contribution is 7.09. The molecule has 2 aromatic rings. The molecule has 0 saturated carbocycles. The van der Waals surface area contributed by atoms with Crippen molar-refractivity contribution in [1.29, 1.82) is 0 Å². The molecule has 6 heteroatoms. The van der Waals surface area contributed by atoms with Gasteiger partial charge in [0, 0.05) is 43.5 Å². The highest BCUT2D eigenvalue weighted by Gasteiger charge is 2.05. The summed E-state index contributed by atoms with van der Waals surface area (Å²) >= 11 is 1.62. The third-order valence-corrected chi connectivity index (χ3v) is 3.43. The van der Waals surface area contributed by atoms with Crippen molar-refractivity contribution in [2.45, 2.75) is 26.8 Å². The number of nitrogens with one attached hydrogen (secondary N) is 1. The van der Waals surface area contributed by atoms with Crippen LogP contribution in [0.3, 0.4) is 0 Å². The highest BCUT2D eigenvalue weighted by Crippen LogP contribution is 2.05. The van der Waals surface area contributed by atoms with E-state index in [0.29, 0.717) is 24.8 Å². The summed E-state index contributed by atoms with van der Waals surface area (Å²) in [5.74, 6) is 0.850. The molecule has 1 N–H and O–H groups in total. The molecule has 19 heavy (non-hydrogen) atoms. The fourth-order valence-corrected chi connectivity index (χ4v) is 2.39. The predicted octanol–water partition coefficient (Wildman–Crippen LogP) is 2.01. The Morgan fingerprint density at radius 3 is 2.89 bits per heavy atom. The van der Waals surface area contributed by atoms with Gasteiger partial charge in [-0.25, -0.2) is 9.97 Å². The van der Waals surface area contributed by atoms with Gasteiger partial charge in [0.1, 0.15) is 0 Å². The van der Waals surface area contributed by atoms with Gasteiger partial charge in [-0.3, -0.25) is 4.79 Å². The van der Waals surface area contributed by atoms with Crippen LogP contribution in [0.25, 0.3) is 0 Å². The number of rotatable bonds is 6. The van der Waals surface area contributed by atoms with Crippen LogP contribution < -0.4 is 10.9 Å². The minimum absolute atomic E-state index is 0.0599. The maximum Gasteiger partial charge on any atom is 0.293 e. The van der Waals surface area contributed by atoms with Crippen LogP contribution >= 0.6 is 11.3 Å². The van der Waals surface area contributed by atoms with E-state index in [4.69, 9.17) is 0 Å². The Labute approximate surface area is 116 Å². The number of hydrogen-bond donors (Lipinski definition) is 1. The molecule has 0 fully saturated rings. The van der Waals surface area contributed by atoms with Crippen molar-refractivity contribution in [3.8, 4) is 0 Å². The summed E-state index contributed by atoms with van der Waals surface area (Å²) < 4.78 is 1.70. The molecule has 2 rings (SSSR count). The van der Waals surface area contributed by atoms with E-state index in [-0.39, 0.29) is 5.56 Å². The van der Waals surface area contributed by atoms with Crippen LogP contribution in [0, 0.1) is 5.92 Å². The Morgan fingerprint density at radius 2 is 2.21 bits per heavy atom. The average molecular weight is 278 g/mol. The smallest absolute Gasteiger partial charge is 0.293 e. The van der Waals surface area contributed by atoms with Crippen LogP contribution in [0.5, 0.6) is 0 Å². The first kappa shape index (κ1) is 13.7. The van der Waals surface area contributed by atoms with E-state index in [9.17, 15) is 4.79 Å². The normalized spacial score (nSPS) is 10.9. The lowest BCUT2D eigenvalue weighted by Gasteiger charge is -2.10. The van der Waals surface area contributed by atoms with Crippen molar-refractivity contribution in [2.24, 2.45) is 5.92 Å². The fraction of sp³-hybridized carbons (Fsp3) is 0.462. The minimum Gasteiger partial charge on any atom is -0.365 e. The second kappa shape index (κ2) is 6.47. The summed E-state index contributed by atoms with van der Waals surface area (Å²) in [4.78, 5) is 20.4. The van der Waals surface area contributed by atoms with E-state index in [0.717, 1.165) is 11.4 Å². The van der Waals surface area contributed by atoms with Gasteiger partial charge in [0.2, 0.25) is 0 Å². The molecule has 0 aliphatic carbocycles. The monoisotopic (exact) mass is 278 g/mol. The minimum atomic E-state index is -0.0599. The van der Waals surface area contributed by atoms with Crippen molar-refractivity contribution in [1.82, 2.24) is 14.5 Å². The van der Waals surface area contributed by atoms with Crippen molar-refractivity contribution in [3.05, 3.63) is 39.3 Å². The first-order valence-corrected chi connectivity index (χ1v) is 7.22. The van der Waals surface area contributed by atoms with E-state index < -0.39 is 0 Å². The quantitative estimate of drug-likeness (QED) is 0.878. The average Bonchev–Trinajstić information content (AvgIpc) is 2.86. The zero-order valence-corrected chi connectivity index (χ0v) is 12.0. The molecule has 0 atom stereocenters. The van der Waals surface area contributed by atoms with Crippen LogP contribution in [0.2, 0.25) is 0 Å². The molecule has 2 heterocycles. The number of thiazole rings is 1. The molecule has 2 aromatic heterocycles. The maximum atomic E-state index is 12.1. The van der Waals surface area contributed by atoms with Gasteiger partial charge in [-0.05, 0) is 5.92 Å². The molecule has 0 amide bonds. The molecule has 0 aliphatic heterocycles. The lowest BCUT2D eigenvalue weighted by atomic mass is 10.2. The first-order valence-electron chi connectivity index (χ1n) is 6.34. The molecule has 0 radical (unpaired) electrons. The highest BCUT2D eigenvalue weighted by atomic mass is 32.1. The molecular weight excluding hydrogens is 260 g/mol. The molecule has 0 unspecified atom stereocenters. The number of nitrogens with zero attached hydrogens (tertiary/aromatic N) is 3. The summed E-state index contributed by atoms with van der Waals surface area (Å²) in [6, 6.07) is 0. The van der Waals surface area contributed by atoms with Gasteiger partial charge in [-0.2, -0.15) is 0 Å². The van der Waals surface area contributed by atoms with E-state index in [1.165, 1.54) is 0 Å². The lowest BCUT2D eigenvalue weighted by molar-refractivity contribution is 0.509. The molecular formula is C13H18N4OS. The standard InChI is InChI=1S/C13H18N4OS/c1-10(2)9-17-7-5-16-12(13(17)18)15-4-3-11-14-6-8-19-11/h5-8,10H,3-4,9H2,1-2H3,(H,15,16). The second-order valence-corrected chi connectivity index (χ2v) is 5.71. The van der Waals surface area contributed by atoms with Crippen LogP contribution in [0.1, 0.15) is 18.9 Å². The van der Waals surface area contributed by atoms with Crippen LogP contribution in [-0.4, -0.2) is 21.1 Å². The van der Waals surface area contributed by atoms with E-state index in [1.807, 2.05) is 5.38 Å². The topological polar surface area (TPSA) is 59.8 Å². The Balaban J connectivity index is 1.98. The van der Waals surface area contributed by atoms with Gasteiger partial charge in [-0.1, -0.05) is 13.8 Å². The molecule has 5 nitrogen and oxygen atoms in total. The van der Waals surface area contributed by atoms with Crippen LogP contribution in [0.15, 0.2) is 28.8 Å². The predicted molar refractivity (Wildman–Crippen MR) is 77.6 cm³/mol. The van der Waals surface area contributed by atoms with Gasteiger partial charge in [0.15, 0.2) is 5.82 Å². The van der Waals surface area contributed by atoms with Gasteiger partial charge < -0.3 is 9.88 Å². The summed E-state index contributed by atoms with van der Waals surface area (Å²) in [7, 11) is 0. The van der Waals surface area contributed by atoms with Crippen LogP contribution in [0.4, 0.5) is 5.82 Å². The third-order valence-electron chi connectivity index (χ3n) is 2.59. The summed E-state index contributed by atoms with van der Waals surface area (Å²) in [6.45, 7) is 5.55. The fourth-order valence-electron chi connectivity index (χ4n) is 1.77. The largest absolute Gasteiger partial charge is 0.365 e. The van der Waals surface area contributed by atoms with Gasteiger partial charge in [-0.15, -0.1) is 11.3 Å². The molecule has 0 spiro atoms. The number of anilines is 1. The van der Waals surface area contributed by atoms with E-state index in [2.05, 4.69) is 29.1 Å². The Morgan fingerprint density at radius 1 is 1.37 bits per heavy atom. The van der Waals surface area contributed by atoms with E-state index in [1.54, 1.807) is 34.5 Å². The Kier molecular flexibility index (Phi) is 4.68. The molecule has 0 bridgehead atoms. The summed E-state index contributed by atoms with van der Waals surface area (Å²) in [6.07, 6.45) is 5.98. The van der Waals surface area contributed by atoms with Crippen molar-refractivity contribution < 1.29 is 0 Å². The maximum absolute atomic E-state index is 12.1. The van der Waals surface area contributed by atoms with Gasteiger partial charge in [0.25, 0.3) is 5.56 Å². The summed E-state index contributed by atoms with van der Waals surface area (Å²) in [5, 5.41) is 6.10. The van der Waals surface area contributed by atoms with Gasteiger partial charge >= 0.3 is 0 Å². The van der Waals surface area contributed by atoms with Crippen molar-refractivity contribution >= 4 is 17.2 Å². The Bertz CT molecular complexity index is 562. The van der Waals surface area contributed by atoms with Crippen molar-refractivity contribution in [3.63, 3.8) is 0 Å². The van der Waals surface area contributed by atoms with E-state index >= 15 is 0 Å². The summed E-state index contributed by atoms with van der Waals surface area (Å²) in [5.41, 5.74) is -0.0599. The Hall–Kier alpha value is -1.69. The van der Waals surface area contributed by atoms with Crippen LogP contribution in [-0.2, 0) is 13.0 Å². The number of hydrogen-bond acceptors (Lipinski definition) is 5. The van der Waals surface area contributed by atoms with Gasteiger partial charge in [0.05, 0.1) is 5.01 Å². The zero-order valence-electron chi connectivity index (χ0n) is 11.2. The molecule has 0 aromatic carbocycles. The van der Waals surface area contributed by atoms with Crippen molar-refractivity contribution in [2.75, 3.05) is 11.9 Å². The first-order chi connectivity index (χ1) is 9.16.